The Bertz CT molecular complexity index is 1680. The molecule has 0 radical (unpaired) electrons. The Hall–Kier alpha value is -5.03. The molecule has 0 atom stereocenters. The molecule has 0 spiro atoms. The van der Waals surface area contributed by atoms with Crippen LogP contribution in [0.1, 0.15) is 27.2 Å². The van der Waals surface area contributed by atoms with Crippen LogP contribution in [0.2, 0.25) is 0 Å². The molecule has 2 aliphatic rings. The van der Waals surface area contributed by atoms with Crippen LogP contribution in [0.25, 0.3) is 11.6 Å². The highest BCUT2D eigenvalue weighted by atomic mass is 19.4. The Morgan fingerprint density at radius 2 is 1.71 bits per heavy atom. The van der Waals surface area contributed by atoms with Crippen molar-refractivity contribution in [1.82, 2.24) is 4.98 Å². The molecule has 4 aromatic rings. The molecular formula is C31H26F3N5O3. The summed E-state index contributed by atoms with van der Waals surface area (Å²) in [6.07, 6.45) is -1.05. The largest absolute Gasteiger partial charge is 0.418 e. The van der Waals surface area contributed by atoms with Gasteiger partial charge in [0.1, 0.15) is 0 Å². The second kappa shape index (κ2) is 11.1. The monoisotopic (exact) mass is 573 g/mol. The van der Waals surface area contributed by atoms with E-state index in [1.807, 2.05) is 30.3 Å². The summed E-state index contributed by atoms with van der Waals surface area (Å²) in [6.45, 7) is 1.37. The van der Waals surface area contributed by atoms with Crippen LogP contribution in [0.3, 0.4) is 0 Å². The van der Waals surface area contributed by atoms with Crippen LogP contribution < -0.4 is 20.9 Å². The fourth-order valence-corrected chi connectivity index (χ4v) is 5.03. The topological polar surface area (TPSA) is 98.5 Å². The van der Waals surface area contributed by atoms with Crippen molar-refractivity contribution in [2.45, 2.75) is 6.18 Å². The van der Waals surface area contributed by atoms with Gasteiger partial charge in [0, 0.05) is 58.9 Å². The van der Waals surface area contributed by atoms with Crippen LogP contribution in [0.4, 0.5) is 41.6 Å². The molecule has 0 aliphatic carbocycles. The van der Waals surface area contributed by atoms with Crippen LogP contribution in [-0.4, -0.2) is 43.1 Å². The number of hydrogen-bond acceptors (Lipinski definition) is 5. The smallest absolute Gasteiger partial charge is 0.378 e. The minimum absolute atomic E-state index is 0.0333. The van der Waals surface area contributed by atoms with Crippen molar-refractivity contribution in [3.8, 4) is 0 Å². The summed E-state index contributed by atoms with van der Waals surface area (Å²) >= 11 is 0. The zero-order valence-corrected chi connectivity index (χ0v) is 22.2. The highest BCUT2D eigenvalue weighted by Gasteiger charge is 2.36. The number of rotatable bonds is 6. The Morgan fingerprint density at radius 1 is 0.929 bits per heavy atom. The molecule has 0 saturated carbocycles. The molecule has 1 fully saturated rings. The molecule has 2 amide bonds. The molecule has 2 aliphatic heterocycles. The first-order valence-corrected chi connectivity index (χ1v) is 13.3. The minimum atomic E-state index is -4.62. The van der Waals surface area contributed by atoms with E-state index >= 15 is 0 Å². The molecule has 1 saturated heterocycles. The molecule has 3 heterocycles. The minimum Gasteiger partial charge on any atom is -0.378 e. The Labute approximate surface area is 239 Å². The van der Waals surface area contributed by atoms with Gasteiger partial charge >= 0.3 is 6.18 Å². The van der Waals surface area contributed by atoms with Crippen molar-refractivity contribution >= 4 is 51.9 Å². The van der Waals surface area contributed by atoms with Gasteiger partial charge in [-0.15, -0.1) is 0 Å². The number of nitrogens with zero attached hydrogens (tertiary/aromatic N) is 1. The first-order valence-electron chi connectivity index (χ1n) is 13.3. The summed E-state index contributed by atoms with van der Waals surface area (Å²) in [5, 5.41) is 8.81. The third kappa shape index (κ3) is 5.72. The molecule has 4 N–H and O–H groups in total. The number of amides is 2. The fourth-order valence-electron chi connectivity index (χ4n) is 5.03. The van der Waals surface area contributed by atoms with E-state index in [0.717, 1.165) is 17.3 Å². The molecule has 1 aromatic heterocycles. The number of halogens is 3. The van der Waals surface area contributed by atoms with E-state index in [-0.39, 0.29) is 17.2 Å². The second-order valence-corrected chi connectivity index (χ2v) is 9.89. The quantitative estimate of drug-likeness (QED) is 0.201. The number of alkyl halides is 3. The molecule has 8 nitrogen and oxygen atoms in total. The van der Waals surface area contributed by atoms with Gasteiger partial charge in [-0.3, -0.25) is 9.59 Å². The average molecular weight is 574 g/mol. The SMILES string of the molecule is O=C1Nc2cc(Nc3cccc(NC(=O)c4ccc(N5CCOCC5)c(C(F)(F)F)c4)c3)ccc2/C1=C/c1ccc[nH]1. The molecule has 42 heavy (non-hydrogen) atoms. The van der Waals surface area contributed by atoms with Crippen LogP contribution in [0, 0.1) is 0 Å². The van der Waals surface area contributed by atoms with Gasteiger partial charge in [0.15, 0.2) is 0 Å². The number of anilines is 5. The number of aromatic amines is 1. The Kier molecular flexibility index (Phi) is 7.17. The van der Waals surface area contributed by atoms with Crippen molar-refractivity contribution in [2.75, 3.05) is 47.2 Å². The van der Waals surface area contributed by atoms with Crippen molar-refractivity contribution in [3.05, 3.63) is 101 Å². The van der Waals surface area contributed by atoms with Crippen molar-refractivity contribution in [1.29, 1.82) is 0 Å². The lowest BCUT2D eigenvalue weighted by Gasteiger charge is -2.31. The van der Waals surface area contributed by atoms with Gasteiger partial charge in [-0.2, -0.15) is 13.2 Å². The lowest BCUT2D eigenvalue weighted by Crippen LogP contribution is -2.37. The second-order valence-electron chi connectivity index (χ2n) is 9.89. The maximum Gasteiger partial charge on any atom is 0.418 e. The van der Waals surface area contributed by atoms with Gasteiger partial charge in [-0.25, -0.2) is 0 Å². The summed E-state index contributed by atoms with van der Waals surface area (Å²) in [6, 6.07) is 19.7. The van der Waals surface area contributed by atoms with Gasteiger partial charge in [0.25, 0.3) is 11.8 Å². The maximum absolute atomic E-state index is 13.9. The van der Waals surface area contributed by atoms with E-state index in [4.69, 9.17) is 4.74 Å². The van der Waals surface area contributed by atoms with Gasteiger partial charge in [-0.1, -0.05) is 12.1 Å². The van der Waals surface area contributed by atoms with E-state index in [2.05, 4.69) is 20.9 Å². The maximum atomic E-state index is 13.9. The number of carbonyl (C=O) groups is 2. The standard InChI is InChI=1S/C31H26F3N5O3/c32-31(33,34)26-15-19(6-9-28(26)39-11-13-42-14-12-39)29(40)37-22-4-1-3-21(16-22)36-23-7-8-24-25(17-20-5-2-10-35-20)30(41)38-27(24)18-23/h1-10,15-18,35-36H,11-14H2,(H,37,40)(H,38,41)/b25-17-. The van der Waals surface area contributed by atoms with Gasteiger partial charge in [-0.05, 0) is 66.7 Å². The van der Waals surface area contributed by atoms with E-state index in [1.165, 1.54) is 12.1 Å². The Morgan fingerprint density at radius 3 is 2.48 bits per heavy atom. The molecular weight excluding hydrogens is 547 g/mol. The lowest BCUT2D eigenvalue weighted by atomic mass is 10.1. The summed E-state index contributed by atoms with van der Waals surface area (Å²) in [7, 11) is 0. The molecule has 0 unspecified atom stereocenters. The number of hydrogen-bond donors (Lipinski definition) is 4. The molecule has 3 aromatic carbocycles. The number of benzene rings is 3. The predicted molar refractivity (Wildman–Crippen MR) is 156 cm³/mol. The average Bonchev–Trinajstić information content (AvgIpc) is 3.60. The summed E-state index contributed by atoms with van der Waals surface area (Å²) in [5.41, 5.74) is 3.62. The number of carbonyl (C=O) groups excluding carboxylic acids is 2. The number of aromatic nitrogens is 1. The van der Waals surface area contributed by atoms with Crippen LogP contribution >= 0.6 is 0 Å². The molecule has 214 valence electrons. The predicted octanol–water partition coefficient (Wildman–Crippen LogP) is 6.36. The molecule has 11 heteroatoms. The van der Waals surface area contributed by atoms with E-state index in [0.29, 0.717) is 54.6 Å². The lowest BCUT2D eigenvalue weighted by molar-refractivity contribution is -0.137. The van der Waals surface area contributed by atoms with Crippen LogP contribution in [-0.2, 0) is 15.7 Å². The van der Waals surface area contributed by atoms with Gasteiger partial charge in [0.05, 0.1) is 30.0 Å². The number of nitrogens with one attached hydrogen (secondary N) is 4. The normalized spacial score (nSPS) is 15.8. The van der Waals surface area contributed by atoms with Crippen molar-refractivity contribution in [3.63, 3.8) is 0 Å². The zero-order chi connectivity index (χ0) is 29.3. The third-order valence-electron chi connectivity index (χ3n) is 7.05. The summed E-state index contributed by atoms with van der Waals surface area (Å²) in [4.78, 5) is 30.2. The number of morpholine rings is 1. The van der Waals surface area contributed by atoms with E-state index < -0.39 is 17.6 Å². The van der Waals surface area contributed by atoms with Crippen LogP contribution in [0.15, 0.2) is 79.0 Å². The fraction of sp³-hybridized carbons (Fsp3) is 0.161. The van der Waals surface area contributed by atoms with E-state index in [9.17, 15) is 22.8 Å². The Balaban J connectivity index is 1.18. The van der Waals surface area contributed by atoms with Crippen molar-refractivity contribution < 1.29 is 27.5 Å². The van der Waals surface area contributed by atoms with Crippen LogP contribution in [0.5, 0.6) is 0 Å². The third-order valence-corrected chi connectivity index (χ3v) is 7.05. The highest BCUT2D eigenvalue weighted by Crippen LogP contribution is 2.38. The van der Waals surface area contributed by atoms with Crippen molar-refractivity contribution in [2.24, 2.45) is 0 Å². The summed E-state index contributed by atoms with van der Waals surface area (Å²) in [5.74, 6) is -0.860. The number of H-pyrrole nitrogens is 1. The van der Waals surface area contributed by atoms with E-state index in [1.54, 1.807) is 41.4 Å². The zero-order valence-electron chi connectivity index (χ0n) is 22.2. The number of ether oxygens (including phenoxy) is 1. The highest BCUT2D eigenvalue weighted by molar-refractivity contribution is 6.35. The summed E-state index contributed by atoms with van der Waals surface area (Å²) < 4.78 is 47.0. The molecule has 0 bridgehead atoms. The first kappa shape index (κ1) is 27.2. The molecule has 6 rings (SSSR count). The van der Waals surface area contributed by atoms with Gasteiger partial charge < -0.3 is 30.6 Å². The first-order chi connectivity index (χ1) is 20.2. The number of fused-ring (bicyclic) bond motifs is 1. The van der Waals surface area contributed by atoms with Gasteiger partial charge in [0.2, 0.25) is 0 Å².